The zero-order valence-electron chi connectivity index (χ0n) is 8.87. The summed E-state index contributed by atoms with van der Waals surface area (Å²) in [6, 6.07) is 0. The van der Waals surface area contributed by atoms with Gasteiger partial charge in [0.2, 0.25) is 5.89 Å². The summed E-state index contributed by atoms with van der Waals surface area (Å²) in [4.78, 5) is 4.06. The molecule has 0 radical (unpaired) electrons. The van der Waals surface area contributed by atoms with Gasteiger partial charge in [0.15, 0.2) is 5.82 Å². The van der Waals surface area contributed by atoms with Crippen molar-refractivity contribution < 1.29 is 9.63 Å². The van der Waals surface area contributed by atoms with Gasteiger partial charge in [0, 0.05) is 12.5 Å². The average molecular weight is 199 g/mol. The van der Waals surface area contributed by atoms with E-state index in [1.54, 1.807) is 6.92 Å². The Morgan fingerprint density at radius 3 is 2.71 bits per heavy atom. The Morgan fingerprint density at radius 2 is 2.29 bits per heavy atom. The molecule has 0 spiro atoms. The number of aliphatic hydroxyl groups is 1. The zero-order valence-corrected chi connectivity index (χ0v) is 8.87. The maximum Gasteiger partial charge on any atom is 0.223 e. The van der Waals surface area contributed by atoms with Crippen LogP contribution in [0.1, 0.15) is 32.0 Å². The van der Waals surface area contributed by atoms with Crippen LogP contribution >= 0.6 is 0 Å². The van der Waals surface area contributed by atoms with Gasteiger partial charge in [0.05, 0.1) is 13.2 Å². The highest BCUT2D eigenvalue weighted by Crippen LogP contribution is 2.08. The molecular weight excluding hydrogens is 182 g/mol. The minimum absolute atomic E-state index is 0.0976. The molecule has 0 aliphatic heterocycles. The zero-order chi connectivity index (χ0) is 10.6. The smallest absolute Gasteiger partial charge is 0.223 e. The van der Waals surface area contributed by atoms with Gasteiger partial charge in [-0.3, -0.25) is 0 Å². The quantitative estimate of drug-likeness (QED) is 0.727. The van der Waals surface area contributed by atoms with Crippen molar-refractivity contribution in [2.24, 2.45) is 0 Å². The van der Waals surface area contributed by atoms with Crippen LogP contribution in [0.25, 0.3) is 0 Å². The summed E-state index contributed by atoms with van der Waals surface area (Å²) in [5.41, 5.74) is -0.269. The van der Waals surface area contributed by atoms with Crippen LogP contribution in [-0.4, -0.2) is 27.4 Å². The summed E-state index contributed by atoms with van der Waals surface area (Å²) in [5, 5.41) is 16.1. The molecule has 0 aromatic carbocycles. The lowest BCUT2D eigenvalue weighted by atomic mass is 10.0. The molecule has 14 heavy (non-hydrogen) atoms. The Hall–Kier alpha value is -0.940. The third-order valence-electron chi connectivity index (χ3n) is 2.37. The van der Waals surface area contributed by atoms with Gasteiger partial charge >= 0.3 is 0 Å². The van der Waals surface area contributed by atoms with E-state index < -0.39 is 0 Å². The van der Waals surface area contributed by atoms with Crippen molar-refractivity contribution in [1.82, 2.24) is 15.5 Å². The van der Waals surface area contributed by atoms with Crippen LogP contribution in [0.5, 0.6) is 0 Å². The van der Waals surface area contributed by atoms with Gasteiger partial charge in [-0.15, -0.1) is 0 Å². The van der Waals surface area contributed by atoms with Crippen molar-refractivity contribution in [2.45, 2.75) is 39.3 Å². The Morgan fingerprint density at radius 1 is 1.57 bits per heavy atom. The van der Waals surface area contributed by atoms with Gasteiger partial charge < -0.3 is 14.9 Å². The third kappa shape index (κ3) is 2.78. The first-order valence-corrected chi connectivity index (χ1v) is 4.75. The van der Waals surface area contributed by atoms with Crippen molar-refractivity contribution in [3.05, 3.63) is 11.7 Å². The molecular formula is C9H17N3O2. The summed E-state index contributed by atoms with van der Waals surface area (Å²) in [5.74, 6) is 1.18. The molecule has 1 atom stereocenters. The number of aryl methyl sites for hydroxylation is 1. The van der Waals surface area contributed by atoms with Gasteiger partial charge in [0.25, 0.3) is 0 Å². The van der Waals surface area contributed by atoms with E-state index in [1.165, 1.54) is 0 Å². The lowest BCUT2D eigenvalue weighted by molar-refractivity contribution is 0.167. The SMILES string of the molecule is CCC(C)(CO)NCc1noc(C)n1. The Labute approximate surface area is 83.5 Å². The normalized spacial score (nSPS) is 15.4. The lowest BCUT2D eigenvalue weighted by Gasteiger charge is -2.26. The molecule has 0 fully saturated rings. The molecule has 80 valence electrons. The number of hydrogen-bond acceptors (Lipinski definition) is 5. The van der Waals surface area contributed by atoms with Crippen LogP contribution < -0.4 is 5.32 Å². The van der Waals surface area contributed by atoms with Crippen molar-refractivity contribution in [3.63, 3.8) is 0 Å². The summed E-state index contributed by atoms with van der Waals surface area (Å²) in [7, 11) is 0. The Bertz CT molecular complexity index is 281. The largest absolute Gasteiger partial charge is 0.394 e. The Balaban J connectivity index is 2.47. The fraction of sp³-hybridized carbons (Fsp3) is 0.778. The second-order valence-electron chi connectivity index (χ2n) is 3.66. The second kappa shape index (κ2) is 4.52. The standard InChI is InChI=1S/C9H17N3O2/c1-4-9(3,6-13)10-5-8-11-7(2)14-12-8/h10,13H,4-6H2,1-3H3. The fourth-order valence-electron chi connectivity index (χ4n) is 0.998. The molecule has 0 saturated heterocycles. The van der Waals surface area contributed by atoms with Crippen LogP contribution in [0.4, 0.5) is 0 Å². The molecule has 0 aliphatic rings. The number of rotatable bonds is 5. The van der Waals surface area contributed by atoms with Crippen LogP contribution in [-0.2, 0) is 6.54 Å². The summed E-state index contributed by atoms with van der Waals surface area (Å²) in [6.45, 7) is 6.34. The lowest BCUT2D eigenvalue weighted by Crippen LogP contribution is -2.44. The molecule has 1 aromatic rings. The van der Waals surface area contributed by atoms with Crippen molar-refractivity contribution >= 4 is 0 Å². The van der Waals surface area contributed by atoms with E-state index in [0.717, 1.165) is 6.42 Å². The first kappa shape index (κ1) is 11.1. The van der Waals surface area contributed by atoms with E-state index in [4.69, 9.17) is 9.63 Å². The predicted molar refractivity (Wildman–Crippen MR) is 51.7 cm³/mol. The first-order valence-electron chi connectivity index (χ1n) is 4.75. The van der Waals surface area contributed by atoms with Gasteiger partial charge in [0.1, 0.15) is 0 Å². The van der Waals surface area contributed by atoms with Gasteiger partial charge in [-0.1, -0.05) is 12.1 Å². The highest BCUT2D eigenvalue weighted by molar-refractivity contribution is 4.87. The van der Waals surface area contributed by atoms with Crippen molar-refractivity contribution in [1.29, 1.82) is 0 Å². The van der Waals surface area contributed by atoms with E-state index >= 15 is 0 Å². The van der Waals surface area contributed by atoms with E-state index in [0.29, 0.717) is 18.3 Å². The maximum atomic E-state index is 9.14. The molecule has 0 amide bonds. The van der Waals surface area contributed by atoms with Gasteiger partial charge in [-0.05, 0) is 13.3 Å². The monoisotopic (exact) mass is 199 g/mol. The van der Waals surface area contributed by atoms with Crippen LogP contribution in [0.2, 0.25) is 0 Å². The number of nitrogens with one attached hydrogen (secondary N) is 1. The summed E-state index contributed by atoms with van der Waals surface area (Å²) in [6.07, 6.45) is 0.848. The van der Waals surface area contributed by atoms with E-state index in [9.17, 15) is 0 Å². The second-order valence-corrected chi connectivity index (χ2v) is 3.66. The topological polar surface area (TPSA) is 71.2 Å². The third-order valence-corrected chi connectivity index (χ3v) is 2.37. The van der Waals surface area contributed by atoms with Gasteiger partial charge in [-0.25, -0.2) is 0 Å². The number of nitrogens with zero attached hydrogens (tertiary/aromatic N) is 2. The van der Waals surface area contributed by atoms with Crippen molar-refractivity contribution in [2.75, 3.05) is 6.61 Å². The number of aromatic nitrogens is 2. The minimum atomic E-state index is -0.269. The highest BCUT2D eigenvalue weighted by atomic mass is 16.5. The van der Waals surface area contributed by atoms with Crippen LogP contribution in [0.3, 0.4) is 0 Å². The van der Waals surface area contributed by atoms with E-state index in [-0.39, 0.29) is 12.1 Å². The molecule has 1 aromatic heterocycles. The number of aliphatic hydroxyl groups excluding tert-OH is 1. The van der Waals surface area contributed by atoms with Crippen molar-refractivity contribution in [3.8, 4) is 0 Å². The molecule has 1 rings (SSSR count). The van der Waals surface area contributed by atoms with Crippen LogP contribution in [0, 0.1) is 6.92 Å². The molecule has 5 heteroatoms. The first-order chi connectivity index (χ1) is 6.59. The van der Waals surface area contributed by atoms with E-state index in [2.05, 4.69) is 15.5 Å². The fourth-order valence-corrected chi connectivity index (χ4v) is 0.998. The van der Waals surface area contributed by atoms with E-state index in [1.807, 2.05) is 13.8 Å². The summed E-state index contributed by atoms with van der Waals surface area (Å²) < 4.78 is 4.83. The number of hydrogen-bond donors (Lipinski definition) is 2. The summed E-state index contributed by atoms with van der Waals surface area (Å²) >= 11 is 0. The Kier molecular flexibility index (Phi) is 3.60. The molecule has 0 aliphatic carbocycles. The highest BCUT2D eigenvalue weighted by Gasteiger charge is 2.20. The molecule has 0 bridgehead atoms. The van der Waals surface area contributed by atoms with Crippen LogP contribution in [0.15, 0.2) is 4.52 Å². The average Bonchev–Trinajstić information content (AvgIpc) is 2.61. The predicted octanol–water partition coefficient (Wildman–Crippen LogP) is 0.629. The molecule has 2 N–H and O–H groups in total. The van der Waals surface area contributed by atoms with Gasteiger partial charge in [-0.2, -0.15) is 4.98 Å². The molecule has 5 nitrogen and oxygen atoms in total. The minimum Gasteiger partial charge on any atom is -0.394 e. The molecule has 1 heterocycles. The molecule has 1 unspecified atom stereocenters. The maximum absolute atomic E-state index is 9.14. The molecule has 0 saturated carbocycles.